The molecule has 27 heavy (non-hydrogen) atoms. The SMILES string of the molecule is Cc1ccc(-c2nnc(CON=CC(=O)Nc3ccc(F)cc3F)o2)cc1. The van der Waals surface area contributed by atoms with Crippen molar-refractivity contribution in [1.29, 1.82) is 0 Å². The normalized spacial score (nSPS) is 10.9. The topological polar surface area (TPSA) is 89.6 Å². The van der Waals surface area contributed by atoms with Gasteiger partial charge in [0.2, 0.25) is 5.89 Å². The van der Waals surface area contributed by atoms with Gasteiger partial charge in [0.15, 0.2) is 6.61 Å². The molecule has 0 unspecified atom stereocenters. The van der Waals surface area contributed by atoms with Crippen molar-refractivity contribution in [1.82, 2.24) is 10.2 Å². The summed E-state index contributed by atoms with van der Waals surface area (Å²) in [7, 11) is 0. The first-order valence-electron chi connectivity index (χ1n) is 7.82. The van der Waals surface area contributed by atoms with E-state index in [0.717, 1.165) is 29.5 Å². The first-order valence-corrected chi connectivity index (χ1v) is 7.82. The molecule has 0 bridgehead atoms. The third-order valence-electron chi connectivity index (χ3n) is 3.39. The second-order valence-electron chi connectivity index (χ2n) is 5.49. The summed E-state index contributed by atoms with van der Waals surface area (Å²) in [6.45, 7) is 1.82. The Morgan fingerprint density at radius 3 is 2.74 bits per heavy atom. The summed E-state index contributed by atoms with van der Waals surface area (Å²) < 4.78 is 31.7. The lowest BCUT2D eigenvalue weighted by Crippen LogP contribution is -2.14. The average Bonchev–Trinajstić information content (AvgIpc) is 3.11. The molecule has 1 heterocycles. The molecule has 0 aliphatic heterocycles. The van der Waals surface area contributed by atoms with E-state index in [2.05, 4.69) is 20.7 Å². The molecular formula is C18H14F2N4O3. The van der Waals surface area contributed by atoms with Crippen molar-refractivity contribution in [2.24, 2.45) is 5.16 Å². The molecule has 3 rings (SSSR count). The maximum atomic E-state index is 13.4. The molecule has 0 saturated heterocycles. The van der Waals surface area contributed by atoms with E-state index in [-0.39, 0.29) is 18.2 Å². The molecule has 1 aromatic heterocycles. The zero-order valence-corrected chi connectivity index (χ0v) is 14.1. The lowest BCUT2D eigenvalue weighted by Gasteiger charge is -2.02. The van der Waals surface area contributed by atoms with E-state index < -0.39 is 17.5 Å². The van der Waals surface area contributed by atoms with Crippen LogP contribution in [0.4, 0.5) is 14.5 Å². The second-order valence-corrected chi connectivity index (χ2v) is 5.49. The molecule has 138 valence electrons. The maximum absolute atomic E-state index is 13.4. The fraction of sp³-hybridized carbons (Fsp3) is 0.111. The van der Waals surface area contributed by atoms with Crippen LogP contribution in [0.3, 0.4) is 0 Å². The number of rotatable bonds is 6. The van der Waals surface area contributed by atoms with Crippen molar-refractivity contribution in [3.05, 3.63) is 65.6 Å². The van der Waals surface area contributed by atoms with Gasteiger partial charge in [-0.15, -0.1) is 10.2 Å². The zero-order chi connectivity index (χ0) is 19.2. The number of nitrogens with one attached hydrogen (secondary N) is 1. The highest BCUT2D eigenvalue weighted by atomic mass is 19.1. The van der Waals surface area contributed by atoms with Crippen molar-refractivity contribution >= 4 is 17.8 Å². The number of oxime groups is 1. The van der Waals surface area contributed by atoms with Crippen LogP contribution in [0.25, 0.3) is 11.5 Å². The monoisotopic (exact) mass is 372 g/mol. The van der Waals surface area contributed by atoms with E-state index in [4.69, 9.17) is 9.25 Å². The third-order valence-corrected chi connectivity index (χ3v) is 3.39. The fourth-order valence-electron chi connectivity index (χ4n) is 2.06. The van der Waals surface area contributed by atoms with E-state index in [1.807, 2.05) is 31.2 Å². The predicted molar refractivity (Wildman–Crippen MR) is 92.7 cm³/mol. The molecule has 7 nitrogen and oxygen atoms in total. The minimum Gasteiger partial charge on any atom is -0.417 e. The van der Waals surface area contributed by atoms with Gasteiger partial charge in [0.05, 0.1) is 5.69 Å². The number of amides is 1. The highest BCUT2D eigenvalue weighted by Crippen LogP contribution is 2.18. The summed E-state index contributed by atoms with van der Waals surface area (Å²) in [6, 6.07) is 10.3. The Balaban J connectivity index is 1.50. The Hall–Kier alpha value is -3.62. The standard InChI is InChI=1S/C18H14F2N4O3/c1-11-2-4-12(5-3-11)18-24-23-17(27-18)10-26-21-9-16(25)22-15-7-6-13(19)8-14(15)20/h2-9H,10H2,1H3,(H,22,25). The van der Waals surface area contributed by atoms with Gasteiger partial charge in [-0.1, -0.05) is 22.9 Å². The molecule has 2 aromatic carbocycles. The molecule has 9 heteroatoms. The van der Waals surface area contributed by atoms with Gasteiger partial charge in [-0.25, -0.2) is 8.78 Å². The van der Waals surface area contributed by atoms with Crippen molar-refractivity contribution in [3.63, 3.8) is 0 Å². The second kappa shape index (κ2) is 8.17. The number of hydrogen-bond donors (Lipinski definition) is 1. The van der Waals surface area contributed by atoms with Crippen LogP contribution in [-0.4, -0.2) is 22.3 Å². The van der Waals surface area contributed by atoms with Crippen molar-refractivity contribution in [3.8, 4) is 11.5 Å². The van der Waals surface area contributed by atoms with Crippen LogP contribution in [0.1, 0.15) is 11.5 Å². The first kappa shape index (κ1) is 18.2. The minimum absolute atomic E-state index is 0.145. The number of hydrogen-bond acceptors (Lipinski definition) is 6. The molecule has 0 atom stereocenters. The Kier molecular flexibility index (Phi) is 5.50. The van der Waals surface area contributed by atoms with Crippen molar-refractivity contribution in [2.75, 3.05) is 5.32 Å². The number of carbonyl (C=O) groups excluding carboxylic acids is 1. The van der Waals surface area contributed by atoms with Crippen molar-refractivity contribution in [2.45, 2.75) is 13.5 Å². The first-order chi connectivity index (χ1) is 13.0. The predicted octanol–water partition coefficient (Wildman–Crippen LogP) is 3.46. The van der Waals surface area contributed by atoms with Gasteiger partial charge in [-0.05, 0) is 31.2 Å². The number of nitrogens with zero attached hydrogens (tertiary/aromatic N) is 3. The van der Waals surface area contributed by atoms with Crippen LogP contribution in [0, 0.1) is 18.6 Å². The molecule has 1 N–H and O–H groups in total. The zero-order valence-electron chi connectivity index (χ0n) is 14.1. The van der Waals surface area contributed by atoms with Gasteiger partial charge < -0.3 is 14.6 Å². The summed E-state index contributed by atoms with van der Waals surface area (Å²) in [5, 5.41) is 13.4. The maximum Gasteiger partial charge on any atom is 0.270 e. The number of carbonyl (C=O) groups is 1. The van der Waals surface area contributed by atoms with Crippen LogP contribution >= 0.6 is 0 Å². The van der Waals surface area contributed by atoms with E-state index in [1.54, 1.807) is 0 Å². The summed E-state index contributed by atoms with van der Waals surface area (Å²) in [5.74, 6) is -1.87. The molecule has 0 fully saturated rings. The van der Waals surface area contributed by atoms with Crippen molar-refractivity contribution < 1.29 is 22.8 Å². The summed E-state index contributed by atoms with van der Waals surface area (Å²) in [5.41, 5.74) is 1.70. The highest BCUT2D eigenvalue weighted by Gasteiger charge is 2.09. The van der Waals surface area contributed by atoms with E-state index in [9.17, 15) is 13.6 Å². The van der Waals surface area contributed by atoms with Crippen LogP contribution in [-0.2, 0) is 16.2 Å². The average molecular weight is 372 g/mol. The number of benzene rings is 2. The number of halogens is 2. The molecule has 0 aliphatic carbocycles. The highest BCUT2D eigenvalue weighted by molar-refractivity contribution is 6.31. The summed E-state index contributed by atoms with van der Waals surface area (Å²) in [6.07, 6.45) is 0.806. The lowest BCUT2D eigenvalue weighted by molar-refractivity contribution is -0.110. The Labute approximate surface area is 152 Å². The number of aromatic nitrogens is 2. The largest absolute Gasteiger partial charge is 0.417 e. The lowest BCUT2D eigenvalue weighted by atomic mass is 10.1. The van der Waals surface area contributed by atoms with Gasteiger partial charge in [-0.3, -0.25) is 4.79 Å². The van der Waals surface area contributed by atoms with Gasteiger partial charge in [0.25, 0.3) is 11.8 Å². The molecular weight excluding hydrogens is 358 g/mol. The molecule has 0 spiro atoms. The quantitative estimate of drug-likeness (QED) is 0.529. The summed E-state index contributed by atoms with van der Waals surface area (Å²) in [4.78, 5) is 16.5. The van der Waals surface area contributed by atoms with Gasteiger partial charge in [0.1, 0.15) is 17.8 Å². The van der Waals surface area contributed by atoms with Gasteiger partial charge >= 0.3 is 0 Å². The Morgan fingerprint density at radius 2 is 2.00 bits per heavy atom. The molecule has 1 amide bonds. The fourth-order valence-corrected chi connectivity index (χ4v) is 2.06. The van der Waals surface area contributed by atoms with E-state index in [1.165, 1.54) is 0 Å². The van der Waals surface area contributed by atoms with Gasteiger partial charge in [-0.2, -0.15) is 0 Å². The minimum atomic E-state index is -0.896. The van der Waals surface area contributed by atoms with E-state index in [0.29, 0.717) is 12.0 Å². The molecule has 0 saturated carbocycles. The summed E-state index contributed by atoms with van der Waals surface area (Å²) >= 11 is 0. The number of anilines is 1. The van der Waals surface area contributed by atoms with Crippen LogP contribution in [0.15, 0.2) is 52.0 Å². The van der Waals surface area contributed by atoms with Gasteiger partial charge in [0, 0.05) is 11.6 Å². The van der Waals surface area contributed by atoms with Crippen LogP contribution in [0.5, 0.6) is 0 Å². The molecule has 0 aliphatic rings. The van der Waals surface area contributed by atoms with Crippen LogP contribution in [0.2, 0.25) is 0 Å². The smallest absolute Gasteiger partial charge is 0.270 e. The molecule has 3 aromatic rings. The number of aryl methyl sites for hydroxylation is 1. The Bertz CT molecular complexity index is 971. The van der Waals surface area contributed by atoms with E-state index >= 15 is 0 Å². The van der Waals surface area contributed by atoms with Crippen LogP contribution < -0.4 is 5.32 Å². The molecule has 0 radical (unpaired) electrons. The Morgan fingerprint density at radius 1 is 1.22 bits per heavy atom. The third kappa shape index (κ3) is 4.94.